The van der Waals surface area contributed by atoms with E-state index in [1.807, 2.05) is 0 Å². The molecule has 2 N–H and O–H groups in total. The first-order valence-corrected chi connectivity index (χ1v) is 7.25. The molecule has 0 aliphatic heterocycles. The first-order chi connectivity index (χ1) is 9.30. The number of methoxy groups -OCH3 is 1. The molecule has 4 heteroatoms. The third-order valence-electron chi connectivity index (χ3n) is 3.82. The molecule has 1 aliphatic rings. The van der Waals surface area contributed by atoms with Gasteiger partial charge in [0.05, 0.1) is 6.61 Å². The fraction of sp³-hybridized carbons (Fsp3) is 0.667. The normalized spacial score (nSPS) is 14.3. The number of hydrogen-bond acceptors (Lipinski definition) is 4. The summed E-state index contributed by atoms with van der Waals surface area (Å²) in [5, 5.41) is 0. The lowest BCUT2D eigenvalue weighted by Crippen LogP contribution is -2.30. The SMILES string of the molecule is CCN(CCOC)c1nc2c(cc1CN)CCCC2. The minimum atomic E-state index is 0.555. The van der Waals surface area contributed by atoms with Crippen molar-refractivity contribution >= 4 is 5.82 Å². The summed E-state index contributed by atoms with van der Waals surface area (Å²) in [6, 6.07) is 2.27. The summed E-state index contributed by atoms with van der Waals surface area (Å²) in [5.41, 5.74) is 9.75. The number of likely N-dealkylation sites (N-methyl/N-ethyl adjacent to an activating group) is 1. The van der Waals surface area contributed by atoms with Crippen molar-refractivity contribution in [3.8, 4) is 0 Å². The molecule has 1 aromatic rings. The molecule has 0 aromatic carbocycles. The molecule has 0 saturated heterocycles. The van der Waals surface area contributed by atoms with Crippen LogP contribution in [0.15, 0.2) is 6.07 Å². The van der Waals surface area contributed by atoms with Gasteiger partial charge in [0.2, 0.25) is 0 Å². The highest BCUT2D eigenvalue weighted by Gasteiger charge is 2.17. The molecule has 2 rings (SSSR count). The summed E-state index contributed by atoms with van der Waals surface area (Å²) in [4.78, 5) is 7.16. The molecule has 1 aromatic heterocycles. The van der Waals surface area contributed by atoms with E-state index in [0.29, 0.717) is 6.54 Å². The molecule has 4 nitrogen and oxygen atoms in total. The Balaban J connectivity index is 2.31. The maximum Gasteiger partial charge on any atom is 0.133 e. The van der Waals surface area contributed by atoms with Gasteiger partial charge in [0.15, 0.2) is 0 Å². The van der Waals surface area contributed by atoms with Crippen LogP contribution >= 0.6 is 0 Å². The van der Waals surface area contributed by atoms with Crippen LogP contribution < -0.4 is 10.6 Å². The zero-order valence-corrected chi connectivity index (χ0v) is 12.1. The van der Waals surface area contributed by atoms with Crippen molar-refractivity contribution in [3.63, 3.8) is 0 Å². The van der Waals surface area contributed by atoms with Gasteiger partial charge in [-0.3, -0.25) is 0 Å². The molecule has 1 aliphatic carbocycles. The van der Waals surface area contributed by atoms with Gasteiger partial charge in [-0.05, 0) is 44.2 Å². The minimum Gasteiger partial charge on any atom is -0.383 e. The molecular formula is C15H25N3O. The summed E-state index contributed by atoms with van der Waals surface area (Å²) in [6.07, 6.45) is 4.79. The molecule has 0 saturated carbocycles. The summed E-state index contributed by atoms with van der Waals surface area (Å²) >= 11 is 0. The van der Waals surface area contributed by atoms with Crippen LogP contribution in [0.2, 0.25) is 0 Å². The number of pyridine rings is 1. The van der Waals surface area contributed by atoms with Crippen LogP contribution in [0.3, 0.4) is 0 Å². The van der Waals surface area contributed by atoms with Crippen molar-refractivity contribution in [2.24, 2.45) is 5.73 Å². The zero-order valence-electron chi connectivity index (χ0n) is 12.1. The largest absolute Gasteiger partial charge is 0.383 e. The average molecular weight is 263 g/mol. The Morgan fingerprint density at radius 1 is 1.37 bits per heavy atom. The highest BCUT2D eigenvalue weighted by molar-refractivity contribution is 5.50. The smallest absolute Gasteiger partial charge is 0.133 e. The molecule has 0 atom stereocenters. The van der Waals surface area contributed by atoms with E-state index in [1.54, 1.807) is 7.11 Å². The number of aryl methyl sites for hydroxylation is 2. The lowest BCUT2D eigenvalue weighted by molar-refractivity contribution is 0.205. The maximum absolute atomic E-state index is 5.91. The molecule has 0 unspecified atom stereocenters. The number of rotatable bonds is 6. The summed E-state index contributed by atoms with van der Waals surface area (Å²) in [6.45, 7) is 5.22. The molecule has 0 fully saturated rings. The molecule has 106 valence electrons. The van der Waals surface area contributed by atoms with Gasteiger partial charge in [0.25, 0.3) is 0 Å². The first kappa shape index (κ1) is 14.3. The van der Waals surface area contributed by atoms with Crippen LogP contribution in [-0.2, 0) is 24.1 Å². The predicted molar refractivity (Wildman–Crippen MR) is 78.5 cm³/mol. The van der Waals surface area contributed by atoms with Crippen LogP contribution in [-0.4, -0.2) is 31.8 Å². The number of anilines is 1. The van der Waals surface area contributed by atoms with Gasteiger partial charge in [-0.2, -0.15) is 0 Å². The molecule has 19 heavy (non-hydrogen) atoms. The topological polar surface area (TPSA) is 51.4 Å². The van der Waals surface area contributed by atoms with E-state index in [0.717, 1.165) is 38.4 Å². The number of nitrogens with zero attached hydrogens (tertiary/aromatic N) is 2. The van der Waals surface area contributed by atoms with E-state index in [2.05, 4.69) is 17.9 Å². The van der Waals surface area contributed by atoms with E-state index in [-0.39, 0.29) is 0 Å². The number of aromatic nitrogens is 1. The standard InChI is InChI=1S/C15H25N3O/c1-3-18(8-9-19-2)15-13(11-16)10-12-6-4-5-7-14(12)17-15/h10H,3-9,11,16H2,1-2H3. The third kappa shape index (κ3) is 3.25. The van der Waals surface area contributed by atoms with Crippen LogP contribution in [0.25, 0.3) is 0 Å². The van der Waals surface area contributed by atoms with E-state index in [9.17, 15) is 0 Å². The van der Waals surface area contributed by atoms with Crippen molar-refractivity contribution in [1.82, 2.24) is 4.98 Å². The van der Waals surface area contributed by atoms with Crippen LogP contribution in [0.4, 0.5) is 5.82 Å². The Bertz CT molecular complexity index is 420. The highest BCUT2D eigenvalue weighted by Crippen LogP contribution is 2.26. The molecular weight excluding hydrogens is 238 g/mol. The second kappa shape index (κ2) is 6.87. The van der Waals surface area contributed by atoms with E-state index < -0.39 is 0 Å². The van der Waals surface area contributed by atoms with Crippen molar-refractivity contribution < 1.29 is 4.74 Å². The van der Waals surface area contributed by atoms with E-state index >= 15 is 0 Å². The number of nitrogens with two attached hydrogens (primary N) is 1. The Morgan fingerprint density at radius 3 is 2.84 bits per heavy atom. The second-order valence-electron chi connectivity index (χ2n) is 5.06. The lowest BCUT2D eigenvalue weighted by atomic mass is 9.94. The van der Waals surface area contributed by atoms with Crippen molar-refractivity contribution in [1.29, 1.82) is 0 Å². The monoisotopic (exact) mass is 263 g/mol. The van der Waals surface area contributed by atoms with Gasteiger partial charge in [-0.15, -0.1) is 0 Å². The predicted octanol–water partition coefficient (Wildman–Crippen LogP) is 1.89. The first-order valence-electron chi connectivity index (χ1n) is 7.25. The van der Waals surface area contributed by atoms with E-state index in [4.69, 9.17) is 15.5 Å². The molecule has 1 heterocycles. The summed E-state index contributed by atoms with van der Waals surface area (Å²) in [7, 11) is 1.73. The number of fused-ring (bicyclic) bond motifs is 1. The molecule has 0 amide bonds. The van der Waals surface area contributed by atoms with Gasteiger partial charge >= 0.3 is 0 Å². The zero-order chi connectivity index (χ0) is 13.7. The Hall–Kier alpha value is -1.13. The van der Waals surface area contributed by atoms with Crippen molar-refractivity contribution in [2.75, 3.05) is 31.7 Å². The van der Waals surface area contributed by atoms with Crippen LogP contribution in [0, 0.1) is 0 Å². The minimum absolute atomic E-state index is 0.555. The van der Waals surface area contributed by atoms with Gasteiger partial charge in [-0.25, -0.2) is 4.98 Å². The highest BCUT2D eigenvalue weighted by atomic mass is 16.5. The molecule has 0 spiro atoms. The fourth-order valence-electron chi connectivity index (χ4n) is 2.71. The van der Waals surface area contributed by atoms with Gasteiger partial charge in [-0.1, -0.05) is 0 Å². The average Bonchev–Trinajstić information content (AvgIpc) is 2.47. The summed E-state index contributed by atoms with van der Waals surface area (Å²) < 4.78 is 5.18. The Labute approximate surface area is 116 Å². The van der Waals surface area contributed by atoms with Crippen molar-refractivity contribution in [3.05, 3.63) is 22.9 Å². The van der Waals surface area contributed by atoms with Gasteiger partial charge in [0, 0.05) is 38.0 Å². The summed E-state index contributed by atoms with van der Waals surface area (Å²) in [5.74, 6) is 1.06. The Kier molecular flexibility index (Phi) is 5.16. The quantitative estimate of drug-likeness (QED) is 0.851. The maximum atomic E-state index is 5.91. The second-order valence-corrected chi connectivity index (χ2v) is 5.06. The number of hydrogen-bond donors (Lipinski definition) is 1. The van der Waals surface area contributed by atoms with Gasteiger partial charge < -0.3 is 15.4 Å². The number of ether oxygens (including phenoxy) is 1. The molecule has 0 bridgehead atoms. The van der Waals surface area contributed by atoms with E-state index in [1.165, 1.54) is 29.7 Å². The van der Waals surface area contributed by atoms with Crippen LogP contribution in [0.5, 0.6) is 0 Å². The Morgan fingerprint density at radius 2 is 2.16 bits per heavy atom. The lowest BCUT2D eigenvalue weighted by Gasteiger charge is -2.26. The fourth-order valence-corrected chi connectivity index (χ4v) is 2.71. The van der Waals surface area contributed by atoms with Crippen molar-refractivity contribution in [2.45, 2.75) is 39.2 Å². The molecule has 0 radical (unpaired) electrons. The van der Waals surface area contributed by atoms with Crippen LogP contribution in [0.1, 0.15) is 36.6 Å². The third-order valence-corrected chi connectivity index (χ3v) is 3.82. The van der Waals surface area contributed by atoms with Gasteiger partial charge in [0.1, 0.15) is 5.82 Å².